The number of carboxylic acids is 1. The number of benzene rings is 2. The van der Waals surface area contributed by atoms with Crippen LogP contribution in [0.1, 0.15) is 35.3 Å². The summed E-state index contributed by atoms with van der Waals surface area (Å²) in [6.07, 6.45) is 0.223. The Morgan fingerprint density at radius 2 is 1.84 bits per heavy atom. The number of aromatic carboxylic acids is 1. The fourth-order valence-corrected chi connectivity index (χ4v) is 2.27. The Balaban J connectivity index is 1.79. The van der Waals surface area contributed by atoms with E-state index < -0.39 is 5.97 Å². The molecule has 0 radical (unpaired) electrons. The summed E-state index contributed by atoms with van der Waals surface area (Å²) in [6, 6.07) is 14.9. The third kappa shape index (κ3) is 6.95. The minimum Gasteiger partial charge on any atom is -0.478 e. The Labute approximate surface area is 148 Å². The van der Waals surface area contributed by atoms with Crippen LogP contribution in [0.15, 0.2) is 48.5 Å². The molecule has 0 aliphatic carbocycles. The smallest absolute Gasteiger partial charge is 0.335 e. The highest BCUT2D eigenvalue weighted by Crippen LogP contribution is 2.13. The second kappa shape index (κ2) is 9.81. The summed E-state index contributed by atoms with van der Waals surface area (Å²) in [6.45, 7) is 6.36. The van der Waals surface area contributed by atoms with Crippen molar-refractivity contribution >= 4 is 11.7 Å². The average Bonchev–Trinajstić information content (AvgIpc) is 2.60. The largest absolute Gasteiger partial charge is 0.478 e. The highest BCUT2D eigenvalue weighted by Gasteiger charge is 2.02. The lowest BCUT2D eigenvalue weighted by molar-refractivity contribution is 0.0143. The molecule has 0 saturated heterocycles. The van der Waals surface area contributed by atoms with Crippen molar-refractivity contribution in [1.29, 1.82) is 0 Å². The highest BCUT2D eigenvalue weighted by molar-refractivity contribution is 5.87. The Hall–Kier alpha value is -2.37. The molecule has 2 aromatic rings. The molecule has 5 heteroatoms. The maximum atomic E-state index is 10.9. The zero-order valence-electron chi connectivity index (χ0n) is 14.7. The molecule has 0 heterocycles. The van der Waals surface area contributed by atoms with E-state index in [0.717, 1.165) is 16.8 Å². The van der Waals surface area contributed by atoms with Crippen molar-refractivity contribution in [2.75, 3.05) is 18.5 Å². The van der Waals surface area contributed by atoms with Gasteiger partial charge in [-0.15, -0.1) is 0 Å². The monoisotopic (exact) mass is 343 g/mol. The number of carbonyl (C=O) groups is 1. The lowest BCUT2D eigenvalue weighted by Gasteiger charge is -2.10. The van der Waals surface area contributed by atoms with E-state index in [1.54, 1.807) is 12.1 Å². The lowest BCUT2D eigenvalue weighted by atomic mass is 10.1. The van der Waals surface area contributed by atoms with Gasteiger partial charge in [-0.2, -0.15) is 0 Å². The fourth-order valence-electron chi connectivity index (χ4n) is 2.27. The number of hydrogen-bond donors (Lipinski definition) is 2. The molecule has 0 atom stereocenters. The van der Waals surface area contributed by atoms with Gasteiger partial charge in [-0.05, 0) is 49.2 Å². The molecule has 5 nitrogen and oxygen atoms in total. The Morgan fingerprint density at radius 1 is 1.08 bits per heavy atom. The van der Waals surface area contributed by atoms with Crippen LogP contribution in [0.2, 0.25) is 0 Å². The van der Waals surface area contributed by atoms with E-state index in [2.05, 4.69) is 11.4 Å². The molecule has 0 fully saturated rings. The van der Waals surface area contributed by atoms with E-state index in [4.69, 9.17) is 14.6 Å². The first-order valence-corrected chi connectivity index (χ1v) is 8.39. The maximum Gasteiger partial charge on any atom is 0.335 e. The van der Waals surface area contributed by atoms with Crippen LogP contribution in [0.25, 0.3) is 0 Å². The van der Waals surface area contributed by atoms with Crippen molar-refractivity contribution < 1.29 is 19.4 Å². The van der Waals surface area contributed by atoms with Crippen LogP contribution >= 0.6 is 0 Å². The Bertz CT molecular complexity index is 668. The van der Waals surface area contributed by atoms with Crippen LogP contribution in [-0.4, -0.2) is 30.4 Å². The van der Waals surface area contributed by atoms with Gasteiger partial charge in [0.05, 0.1) is 31.5 Å². The normalized spacial score (nSPS) is 10.8. The summed E-state index contributed by atoms with van der Waals surface area (Å²) < 4.78 is 11.1. The van der Waals surface area contributed by atoms with Crippen LogP contribution in [0, 0.1) is 0 Å². The van der Waals surface area contributed by atoms with Crippen molar-refractivity contribution in [2.24, 2.45) is 0 Å². The molecule has 134 valence electrons. The van der Waals surface area contributed by atoms with Gasteiger partial charge in [0, 0.05) is 12.2 Å². The van der Waals surface area contributed by atoms with Crippen LogP contribution < -0.4 is 5.32 Å². The van der Waals surface area contributed by atoms with E-state index in [9.17, 15) is 4.79 Å². The standard InChI is InChI=1S/C20H25NO4/c1-15(2)25-11-10-24-14-17-4-3-5-19(12-17)21-13-16-6-8-18(9-7-16)20(22)23/h3-9,12,15,21H,10-11,13-14H2,1-2H3,(H,22,23). The van der Waals surface area contributed by atoms with E-state index >= 15 is 0 Å². The fraction of sp³-hybridized carbons (Fsp3) is 0.350. The molecule has 0 aromatic heterocycles. The second-order valence-corrected chi connectivity index (χ2v) is 6.03. The third-order valence-electron chi connectivity index (χ3n) is 3.57. The van der Waals surface area contributed by atoms with Crippen molar-refractivity contribution in [3.63, 3.8) is 0 Å². The number of nitrogens with one attached hydrogen (secondary N) is 1. The number of hydrogen-bond acceptors (Lipinski definition) is 4. The van der Waals surface area contributed by atoms with Gasteiger partial charge < -0.3 is 19.9 Å². The van der Waals surface area contributed by atoms with Gasteiger partial charge in [-0.3, -0.25) is 0 Å². The maximum absolute atomic E-state index is 10.9. The van der Waals surface area contributed by atoms with Crippen molar-refractivity contribution in [1.82, 2.24) is 0 Å². The first-order valence-electron chi connectivity index (χ1n) is 8.39. The molecule has 0 amide bonds. The summed E-state index contributed by atoms with van der Waals surface area (Å²) in [7, 11) is 0. The minimum absolute atomic E-state index is 0.223. The van der Waals surface area contributed by atoms with Gasteiger partial charge in [0.15, 0.2) is 0 Å². The lowest BCUT2D eigenvalue weighted by Crippen LogP contribution is -2.09. The number of rotatable bonds is 10. The van der Waals surface area contributed by atoms with Crippen molar-refractivity contribution in [2.45, 2.75) is 33.1 Å². The van der Waals surface area contributed by atoms with Gasteiger partial charge in [-0.25, -0.2) is 4.79 Å². The predicted octanol–water partition coefficient (Wildman–Crippen LogP) is 3.94. The molecule has 2 N–H and O–H groups in total. The van der Waals surface area contributed by atoms with E-state index in [0.29, 0.717) is 31.9 Å². The van der Waals surface area contributed by atoms with Gasteiger partial charge in [0.1, 0.15) is 0 Å². The molecule has 0 aliphatic rings. The molecule has 0 saturated carbocycles. The second-order valence-electron chi connectivity index (χ2n) is 6.03. The number of carboxylic acid groups (broad SMARTS) is 1. The summed E-state index contributed by atoms with van der Waals surface area (Å²) >= 11 is 0. The van der Waals surface area contributed by atoms with Crippen molar-refractivity contribution in [3.8, 4) is 0 Å². The SMILES string of the molecule is CC(C)OCCOCc1cccc(NCc2ccc(C(=O)O)cc2)c1. The number of ether oxygens (including phenoxy) is 2. The van der Waals surface area contributed by atoms with Gasteiger partial charge in [-0.1, -0.05) is 24.3 Å². The molecule has 0 bridgehead atoms. The molecule has 0 spiro atoms. The molecule has 25 heavy (non-hydrogen) atoms. The Morgan fingerprint density at radius 3 is 2.52 bits per heavy atom. The molecular formula is C20H25NO4. The summed E-state index contributed by atoms with van der Waals surface area (Å²) in [5, 5.41) is 12.2. The number of anilines is 1. The minimum atomic E-state index is -0.911. The van der Waals surface area contributed by atoms with Crippen LogP contribution in [-0.2, 0) is 22.6 Å². The molecule has 0 unspecified atom stereocenters. The van der Waals surface area contributed by atoms with Gasteiger partial charge >= 0.3 is 5.97 Å². The van der Waals surface area contributed by atoms with E-state index in [1.165, 1.54) is 0 Å². The first kappa shape index (κ1) is 19.0. The molecular weight excluding hydrogens is 318 g/mol. The van der Waals surface area contributed by atoms with Crippen LogP contribution in [0.4, 0.5) is 5.69 Å². The quantitative estimate of drug-likeness (QED) is 0.640. The van der Waals surface area contributed by atoms with Gasteiger partial charge in [0.25, 0.3) is 0 Å². The highest BCUT2D eigenvalue weighted by atomic mass is 16.5. The van der Waals surface area contributed by atoms with Crippen LogP contribution in [0.5, 0.6) is 0 Å². The zero-order valence-corrected chi connectivity index (χ0v) is 14.7. The molecule has 0 aliphatic heterocycles. The average molecular weight is 343 g/mol. The summed E-state index contributed by atoms with van der Waals surface area (Å²) in [5.41, 5.74) is 3.42. The molecule has 2 rings (SSSR count). The van der Waals surface area contributed by atoms with Crippen molar-refractivity contribution in [3.05, 3.63) is 65.2 Å². The van der Waals surface area contributed by atoms with E-state index in [1.807, 2.05) is 44.2 Å². The molecule has 2 aromatic carbocycles. The summed E-state index contributed by atoms with van der Waals surface area (Å²) in [4.78, 5) is 10.9. The first-order chi connectivity index (χ1) is 12.0. The predicted molar refractivity (Wildman–Crippen MR) is 97.9 cm³/mol. The third-order valence-corrected chi connectivity index (χ3v) is 3.57. The Kier molecular flexibility index (Phi) is 7.44. The topological polar surface area (TPSA) is 67.8 Å². The van der Waals surface area contributed by atoms with E-state index in [-0.39, 0.29) is 6.10 Å². The van der Waals surface area contributed by atoms with Gasteiger partial charge in [0.2, 0.25) is 0 Å². The van der Waals surface area contributed by atoms with Crippen LogP contribution in [0.3, 0.4) is 0 Å². The zero-order chi connectivity index (χ0) is 18.1. The summed E-state index contributed by atoms with van der Waals surface area (Å²) in [5.74, 6) is -0.911.